The van der Waals surface area contributed by atoms with Crippen molar-refractivity contribution in [1.82, 2.24) is 9.88 Å². The molecule has 8 heteroatoms. The van der Waals surface area contributed by atoms with Gasteiger partial charge >= 0.3 is 0 Å². The molecule has 1 saturated carbocycles. The topological polar surface area (TPSA) is 70.1 Å². The van der Waals surface area contributed by atoms with Crippen molar-refractivity contribution >= 4 is 28.6 Å². The predicted octanol–water partition coefficient (Wildman–Crippen LogP) is 5.86. The summed E-state index contributed by atoms with van der Waals surface area (Å²) in [7, 11) is 0. The van der Waals surface area contributed by atoms with E-state index in [-0.39, 0.29) is 10.4 Å². The average Bonchev–Trinajstić information content (AvgIpc) is 3.33. The van der Waals surface area contributed by atoms with E-state index in [0.717, 1.165) is 89.7 Å². The largest absolute Gasteiger partial charge is 0.369 e. The van der Waals surface area contributed by atoms with Crippen LogP contribution in [0.2, 0.25) is 0 Å². The number of piperazine rings is 1. The zero-order valence-electron chi connectivity index (χ0n) is 23.9. The van der Waals surface area contributed by atoms with Gasteiger partial charge in [0.1, 0.15) is 17.7 Å². The van der Waals surface area contributed by atoms with Crippen molar-refractivity contribution in [3.8, 4) is 11.3 Å². The van der Waals surface area contributed by atoms with E-state index in [9.17, 15) is 4.39 Å². The van der Waals surface area contributed by atoms with Crippen molar-refractivity contribution in [2.75, 3.05) is 31.1 Å². The van der Waals surface area contributed by atoms with Gasteiger partial charge < -0.3 is 4.90 Å². The summed E-state index contributed by atoms with van der Waals surface area (Å²) < 4.78 is 13.4. The minimum absolute atomic E-state index is 0.0280. The molecule has 2 fully saturated rings. The highest BCUT2D eigenvalue weighted by molar-refractivity contribution is 6.02. The highest BCUT2D eigenvalue weighted by Crippen LogP contribution is 2.44. The number of nitrogens with zero attached hydrogens (tertiary/aromatic N) is 6. The summed E-state index contributed by atoms with van der Waals surface area (Å²) in [5, 5.41) is 1.08. The Bertz CT molecular complexity index is 1810. The second-order valence-corrected chi connectivity index (χ2v) is 11.9. The van der Waals surface area contributed by atoms with Gasteiger partial charge in [-0.2, -0.15) is 10.8 Å². The van der Waals surface area contributed by atoms with Gasteiger partial charge in [0.2, 0.25) is 5.70 Å². The normalized spacial score (nSPS) is 25.2. The number of quaternary nitrogens is 1. The van der Waals surface area contributed by atoms with Crippen molar-refractivity contribution < 1.29 is 8.98 Å². The number of anilines is 1. The first kappa shape index (κ1) is 26.2. The number of pyridine rings is 1. The fourth-order valence-electron chi connectivity index (χ4n) is 6.84. The number of amidine groups is 1. The van der Waals surface area contributed by atoms with Gasteiger partial charge in [0, 0.05) is 54.8 Å². The number of benzene rings is 3. The SMILES string of the molecule is N[N+]12C=CN=CC1=C(C1CC(N3CCN(c4ccc(F)cc4)CC3)C1)N=C2c1ccc2ccc(-c3ccccc3)nc2c1. The zero-order chi connectivity index (χ0) is 29.0. The maximum Gasteiger partial charge on any atom is 0.264 e. The molecule has 0 spiro atoms. The van der Waals surface area contributed by atoms with E-state index in [1.54, 1.807) is 18.3 Å². The van der Waals surface area contributed by atoms with Crippen molar-refractivity contribution in [1.29, 1.82) is 0 Å². The number of fused-ring (bicyclic) bond motifs is 2. The molecule has 7 nitrogen and oxygen atoms in total. The van der Waals surface area contributed by atoms with Gasteiger partial charge in [-0.05, 0) is 55.3 Å². The first-order valence-corrected chi connectivity index (χ1v) is 15.0. The summed E-state index contributed by atoms with van der Waals surface area (Å²) in [4.78, 5) is 19.6. The first-order valence-electron chi connectivity index (χ1n) is 15.0. The standard InChI is InChI=1S/C35H33FN7/c36-28-9-11-29(12-10-28)41-15-17-42(18-16-41)30-20-27(21-30)34-33-23-38-14-19-43(33,37)35(40-34)26-7-6-25-8-13-31(39-32(25)22-26)24-4-2-1-3-5-24/h1-14,19,22-23,27,30H,15-18,20-21,37H2/q+1. The van der Waals surface area contributed by atoms with E-state index in [0.29, 0.717) is 12.0 Å². The molecule has 4 aliphatic rings. The molecule has 3 aliphatic heterocycles. The molecule has 2 N–H and O–H groups in total. The maximum atomic E-state index is 13.4. The quantitative estimate of drug-likeness (QED) is 0.241. The smallest absolute Gasteiger partial charge is 0.264 e. The lowest BCUT2D eigenvalue weighted by atomic mass is 9.76. The molecule has 1 unspecified atom stereocenters. The molecule has 214 valence electrons. The van der Waals surface area contributed by atoms with Crippen LogP contribution in [0.4, 0.5) is 10.1 Å². The van der Waals surface area contributed by atoms with Crippen LogP contribution in [0, 0.1) is 11.7 Å². The Labute approximate surface area is 250 Å². The van der Waals surface area contributed by atoms with E-state index in [2.05, 4.69) is 57.3 Å². The van der Waals surface area contributed by atoms with Gasteiger partial charge in [0.25, 0.3) is 5.84 Å². The van der Waals surface area contributed by atoms with Gasteiger partial charge in [-0.15, -0.1) is 4.59 Å². The van der Waals surface area contributed by atoms with E-state index in [1.807, 2.05) is 42.7 Å². The predicted molar refractivity (Wildman–Crippen MR) is 170 cm³/mol. The highest BCUT2D eigenvalue weighted by atomic mass is 19.1. The van der Waals surface area contributed by atoms with Crippen LogP contribution in [-0.4, -0.2) is 58.7 Å². The Morgan fingerprint density at radius 1 is 0.837 bits per heavy atom. The fourth-order valence-corrected chi connectivity index (χ4v) is 6.84. The molecule has 0 radical (unpaired) electrons. The van der Waals surface area contributed by atoms with Gasteiger partial charge in [0.05, 0.1) is 29.2 Å². The molecule has 4 heterocycles. The number of nitrogens with two attached hydrogens (primary N) is 1. The van der Waals surface area contributed by atoms with Gasteiger partial charge in [-0.1, -0.05) is 42.5 Å². The molecule has 1 saturated heterocycles. The zero-order valence-corrected chi connectivity index (χ0v) is 23.9. The van der Waals surface area contributed by atoms with Crippen LogP contribution in [0.3, 0.4) is 0 Å². The monoisotopic (exact) mass is 570 g/mol. The van der Waals surface area contributed by atoms with Crippen molar-refractivity contribution in [2.45, 2.75) is 18.9 Å². The lowest BCUT2D eigenvalue weighted by Gasteiger charge is -2.46. The molecule has 4 aromatic rings. The van der Waals surface area contributed by atoms with Crippen LogP contribution < -0.4 is 10.7 Å². The van der Waals surface area contributed by atoms with Crippen molar-refractivity contribution in [3.05, 3.63) is 120 Å². The molecule has 0 bridgehead atoms. The second kappa shape index (κ2) is 10.3. The van der Waals surface area contributed by atoms with Crippen LogP contribution >= 0.6 is 0 Å². The Kier molecular flexibility index (Phi) is 6.29. The fraction of sp³-hybridized carbons (Fsp3) is 0.229. The minimum atomic E-state index is -0.191. The summed E-state index contributed by atoms with van der Waals surface area (Å²) in [6.45, 7) is 3.91. The minimum Gasteiger partial charge on any atom is -0.369 e. The maximum absolute atomic E-state index is 13.4. The number of aliphatic imine (C=N–C) groups is 2. The summed E-state index contributed by atoms with van der Waals surface area (Å²) in [5.41, 5.74) is 7.02. The van der Waals surface area contributed by atoms with Crippen LogP contribution in [0.15, 0.2) is 119 Å². The lowest BCUT2D eigenvalue weighted by Crippen LogP contribution is -2.55. The lowest BCUT2D eigenvalue weighted by molar-refractivity contribution is -0.750. The molecular formula is C35H33FN7+. The van der Waals surface area contributed by atoms with Crippen molar-refractivity contribution in [3.63, 3.8) is 0 Å². The van der Waals surface area contributed by atoms with Gasteiger partial charge in [-0.3, -0.25) is 9.89 Å². The highest BCUT2D eigenvalue weighted by Gasteiger charge is 2.49. The van der Waals surface area contributed by atoms with Gasteiger partial charge in [0.15, 0.2) is 0 Å². The molecular weight excluding hydrogens is 537 g/mol. The second-order valence-electron chi connectivity index (χ2n) is 11.9. The number of halogens is 1. The number of hydrogen-bond donors (Lipinski definition) is 1. The third kappa shape index (κ3) is 4.59. The Morgan fingerprint density at radius 3 is 2.40 bits per heavy atom. The number of hydrogen-bond acceptors (Lipinski definition) is 6. The summed E-state index contributed by atoms with van der Waals surface area (Å²) >= 11 is 0. The molecule has 43 heavy (non-hydrogen) atoms. The van der Waals surface area contributed by atoms with Crippen LogP contribution in [-0.2, 0) is 0 Å². The molecule has 0 amide bonds. The first-order chi connectivity index (χ1) is 21.0. The van der Waals surface area contributed by atoms with Crippen LogP contribution in [0.1, 0.15) is 18.4 Å². The van der Waals surface area contributed by atoms with Gasteiger partial charge in [-0.25, -0.2) is 9.37 Å². The Hall–Kier alpha value is -4.50. The van der Waals surface area contributed by atoms with Crippen LogP contribution in [0.25, 0.3) is 22.2 Å². The Morgan fingerprint density at radius 2 is 1.60 bits per heavy atom. The van der Waals surface area contributed by atoms with E-state index < -0.39 is 0 Å². The Balaban J connectivity index is 1.02. The summed E-state index contributed by atoms with van der Waals surface area (Å²) in [6.07, 6.45) is 7.68. The van der Waals surface area contributed by atoms with E-state index in [1.165, 1.54) is 0 Å². The number of rotatable bonds is 5. The molecule has 8 rings (SSSR count). The summed E-state index contributed by atoms with van der Waals surface area (Å²) in [5.74, 6) is 8.04. The summed E-state index contributed by atoms with van der Waals surface area (Å²) in [6, 6.07) is 28.1. The van der Waals surface area contributed by atoms with E-state index in [4.69, 9.17) is 15.8 Å². The molecule has 3 aromatic carbocycles. The third-order valence-electron chi connectivity index (χ3n) is 9.36. The average molecular weight is 571 g/mol. The van der Waals surface area contributed by atoms with E-state index >= 15 is 0 Å². The van der Waals surface area contributed by atoms with Crippen LogP contribution in [0.5, 0.6) is 0 Å². The molecule has 1 aromatic heterocycles. The number of aromatic nitrogens is 1. The molecule has 1 aliphatic carbocycles. The van der Waals surface area contributed by atoms with Crippen molar-refractivity contribution in [2.24, 2.45) is 21.7 Å². The third-order valence-corrected chi connectivity index (χ3v) is 9.36. The number of allylic oxidation sites excluding steroid dienone is 2. The molecule has 1 atom stereocenters.